The van der Waals surface area contributed by atoms with Crippen LogP contribution in [0.4, 0.5) is 0 Å². The lowest BCUT2D eigenvalue weighted by atomic mass is 9.89. The fourth-order valence-corrected chi connectivity index (χ4v) is 2.43. The van der Waals surface area contributed by atoms with Crippen molar-refractivity contribution in [2.45, 2.75) is 38.7 Å². The summed E-state index contributed by atoms with van der Waals surface area (Å²) in [6.45, 7) is 2.25. The van der Waals surface area contributed by atoms with Crippen molar-refractivity contribution in [3.63, 3.8) is 0 Å². The Morgan fingerprint density at radius 3 is 2.47 bits per heavy atom. The number of hydrogen-bond acceptors (Lipinski definition) is 3. The van der Waals surface area contributed by atoms with Crippen molar-refractivity contribution in [1.82, 2.24) is 0 Å². The van der Waals surface area contributed by atoms with E-state index in [1.165, 1.54) is 6.07 Å². The summed E-state index contributed by atoms with van der Waals surface area (Å²) in [5, 5.41) is 9.02. The second-order valence-electron chi connectivity index (χ2n) is 5.17. The highest BCUT2D eigenvalue weighted by Crippen LogP contribution is 2.33. The largest absolute Gasteiger partial charge is 0.493 e. The summed E-state index contributed by atoms with van der Waals surface area (Å²) in [4.78, 5) is 11.0. The minimum Gasteiger partial charge on any atom is -0.493 e. The number of rotatable bonds is 4. The average molecular weight is 264 g/mol. The second kappa shape index (κ2) is 5.95. The number of hydrogen-bond donors (Lipinski definition) is 1. The van der Waals surface area contributed by atoms with Gasteiger partial charge < -0.3 is 14.6 Å². The van der Waals surface area contributed by atoms with Crippen LogP contribution < -0.4 is 9.47 Å². The lowest BCUT2D eigenvalue weighted by Gasteiger charge is -2.27. The van der Waals surface area contributed by atoms with Gasteiger partial charge in [-0.15, -0.1) is 0 Å². The van der Waals surface area contributed by atoms with E-state index < -0.39 is 5.97 Å². The topological polar surface area (TPSA) is 55.8 Å². The van der Waals surface area contributed by atoms with Gasteiger partial charge in [0.05, 0.1) is 18.8 Å². The van der Waals surface area contributed by atoms with E-state index in [2.05, 4.69) is 6.92 Å². The van der Waals surface area contributed by atoms with Crippen LogP contribution in [0.15, 0.2) is 18.2 Å². The van der Waals surface area contributed by atoms with Gasteiger partial charge in [0.2, 0.25) is 0 Å². The van der Waals surface area contributed by atoms with E-state index >= 15 is 0 Å². The molecule has 1 saturated carbocycles. The molecule has 0 aromatic heterocycles. The molecule has 4 heteroatoms. The number of ether oxygens (including phenoxy) is 2. The summed E-state index contributed by atoms with van der Waals surface area (Å²) in [6, 6.07) is 4.71. The number of carbonyl (C=O) groups is 1. The molecule has 1 aromatic rings. The van der Waals surface area contributed by atoms with Crippen LogP contribution in [0.25, 0.3) is 0 Å². The first kappa shape index (κ1) is 13.7. The van der Waals surface area contributed by atoms with Gasteiger partial charge in [0.25, 0.3) is 0 Å². The number of methoxy groups -OCH3 is 1. The zero-order valence-corrected chi connectivity index (χ0v) is 11.4. The van der Waals surface area contributed by atoms with Crippen LogP contribution in [0.3, 0.4) is 0 Å². The third-order valence-corrected chi connectivity index (χ3v) is 3.67. The van der Waals surface area contributed by atoms with Gasteiger partial charge in [-0.1, -0.05) is 6.92 Å². The molecule has 0 aliphatic heterocycles. The average Bonchev–Trinajstić information content (AvgIpc) is 2.41. The highest BCUT2D eigenvalue weighted by Gasteiger charge is 2.21. The van der Waals surface area contributed by atoms with Gasteiger partial charge in [-0.3, -0.25) is 0 Å². The molecule has 1 aromatic carbocycles. The zero-order valence-electron chi connectivity index (χ0n) is 11.4. The maximum atomic E-state index is 11.0. The molecule has 0 bridgehead atoms. The van der Waals surface area contributed by atoms with Crippen molar-refractivity contribution in [3.05, 3.63) is 23.8 Å². The molecule has 2 rings (SSSR count). The molecule has 1 fully saturated rings. The van der Waals surface area contributed by atoms with Gasteiger partial charge in [-0.05, 0) is 49.8 Å². The van der Waals surface area contributed by atoms with Crippen molar-refractivity contribution in [2.75, 3.05) is 7.11 Å². The van der Waals surface area contributed by atoms with E-state index in [1.807, 2.05) is 0 Å². The van der Waals surface area contributed by atoms with Crippen molar-refractivity contribution >= 4 is 5.97 Å². The van der Waals surface area contributed by atoms with Crippen molar-refractivity contribution in [1.29, 1.82) is 0 Å². The van der Waals surface area contributed by atoms with E-state index in [-0.39, 0.29) is 11.7 Å². The minimum atomic E-state index is -0.954. The van der Waals surface area contributed by atoms with Crippen LogP contribution in [-0.4, -0.2) is 24.3 Å². The van der Waals surface area contributed by atoms with Crippen LogP contribution in [-0.2, 0) is 0 Å². The van der Waals surface area contributed by atoms with Gasteiger partial charge in [0.1, 0.15) is 0 Å². The fraction of sp³-hybridized carbons (Fsp3) is 0.533. The highest BCUT2D eigenvalue weighted by molar-refractivity contribution is 5.88. The first-order chi connectivity index (χ1) is 9.10. The Morgan fingerprint density at radius 2 is 1.89 bits per heavy atom. The fourth-order valence-electron chi connectivity index (χ4n) is 2.43. The van der Waals surface area contributed by atoms with Gasteiger partial charge in [0.15, 0.2) is 11.5 Å². The smallest absolute Gasteiger partial charge is 0.335 e. The Balaban J connectivity index is 2.13. The van der Waals surface area contributed by atoms with Crippen LogP contribution in [0.2, 0.25) is 0 Å². The van der Waals surface area contributed by atoms with Gasteiger partial charge in [-0.25, -0.2) is 4.79 Å². The van der Waals surface area contributed by atoms with Gasteiger partial charge in [0, 0.05) is 0 Å². The summed E-state index contributed by atoms with van der Waals surface area (Å²) in [5.74, 6) is 0.919. The maximum Gasteiger partial charge on any atom is 0.335 e. The zero-order chi connectivity index (χ0) is 13.8. The Hall–Kier alpha value is -1.71. The Labute approximate surface area is 113 Å². The van der Waals surface area contributed by atoms with Crippen molar-refractivity contribution in [2.24, 2.45) is 5.92 Å². The molecule has 4 nitrogen and oxygen atoms in total. The monoisotopic (exact) mass is 264 g/mol. The van der Waals surface area contributed by atoms with Gasteiger partial charge >= 0.3 is 5.97 Å². The summed E-state index contributed by atoms with van der Waals surface area (Å²) in [5.41, 5.74) is 0.222. The summed E-state index contributed by atoms with van der Waals surface area (Å²) < 4.78 is 11.2. The van der Waals surface area contributed by atoms with Gasteiger partial charge in [-0.2, -0.15) is 0 Å². The molecule has 0 saturated heterocycles. The van der Waals surface area contributed by atoms with Crippen LogP contribution in [0.1, 0.15) is 43.0 Å². The molecular formula is C15H20O4. The summed E-state index contributed by atoms with van der Waals surface area (Å²) >= 11 is 0. The third kappa shape index (κ3) is 3.40. The summed E-state index contributed by atoms with van der Waals surface area (Å²) in [6.07, 6.45) is 4.51. The molecule has 19 heavy (non-hydrogen) atoms. The molecule has 0 amide bonds. The molecule has 0 heterocycles. The molecular weight excluding hydrogens is 244 g/mol. The maximum absolute atomic E-state index is 11.0. The predicted octanol–water partition coefficient (Wildman–Crippen LogP) is 3.35. The number of carboxylic acids is 1. The highest BCUT2D eigenvalue weighted by atomic mass is 16.5. The Bertz CT molecular complexity index is 447. The molecule has 104 valence electrons. The van der Waals surface area contributed by atoms with E-state index in [4.69, 9.17) is 14.6 Å². The molecule has 0 atom stereocenters. The van der Waals surface area contributed by atoms with Crippen molar-refractivity contribution < 1.29 is 19.4 Å². The van der Waals surface area contributed by atoms with E-state index in [0.29, 0.717) is 11.5 Å². The van der Waals surface area contributed by atoms with Crippen LogP contribution >= 0.6 is 0 Å². The normalized spacial score (nSPS) is 22.8. The SMILES string of the molecule is COc1ccc(C(=O)O)cc1OC1CCC(C)CC1. The molecule has 0 spiro atoms. The lowest BCUT2D eigenvalue weighted by molar-refractivity contribution is 0.0695. The van der Waals surface area contributed by atoms with Crippen LogP contribution in [0.5, 0.6) is 11.5 Å². The second-order valence-corrected chi connectivity index (χ2v) is 5.17. The van der Waals surface area contributed by atoms with E-state index in [1.54, 1.807) is 19.2 Å². The molecule has 0 radical (unpaired) electrons. The van der Waals surface area contributed by atoms with E-state index in [9.17, 15) is 4.79 Å². The standard InChI is InChI=1S/C15H20O4/c1-10-3-6-12(7-4-10)19-14-9-11(15(16)17)5-8-13(14)18-2/h5,8-10,12H,3-4,6-7H2,1-2H3,(H,16,17). The van der Waals surface area contributed by atoms with E-state index in [0.717, 1.165) is 31.6 Å². The number of aromatic carboxylic acids is 1. The van der Waals surface area contributed by atoms with Crippen LogP contribution in [0, 0.1) is 5.92 Å². The summed E-state index contributed by atoms with van der Waals surface area (Å²) in [7, 11) is 1.56. The molecule has 1 aliphatic carbocycles. The quantitative estimate of drug-likeness (QED) is 0.906. The third-order valence-electron chi connectivity index (χ3n) is 3.67. The molecule has 1 N–H and O–H groups in total. The Morgan fingerprint density at radius 1 is 1.21 bits per heavy atom. The number of benzene rings is 1. The molecule has 1 aliphatic rings. The number of carboxylic acid groups (broad SMARTS) is 1. The first-order valence-electron chi connectivity index (χ1n) is 6.68. The molecule has 0 unspecified atom stereocenters. The van der Waals surface area contributed by atoms with Crippen molar-refractivity contribution in [3.8, 4) is 11.5 Å². The Kier molecular flexibility index (Phi) is 4.30. The minimum absolute atomic E-state index is 0.161. The first-order valence-corrected chi connectivity index (χ1v) is 6.68. The lowest BCUT2D eigenvalue weighted by Crippen LogP contribution is -2.23. The predicted molar refractivity (Wildman–Crippen MR) is 72.0 cm³/mol.